The van der Waals surface area contributed by atoms with Gasteiger partial charge in [0.2, 0.25) is 0 Å². The van der Waals surface area contributed by atoms with Crippen LogP contribution in [0.4, 0.5) is 0 Å². The Kier molecular flexibility index (Phi) is 7.34. The molecule has 1 heterocycles. The van der Waals surface area contributed by atoms with E-state index >= 15 is 0 Å². The lowest BCUT2D eigenvalue weighted by Crippen LogP contribution is -2.35. The third-order valence-corrected chi connectivity index (χ3v) is 5.17. The van der Waals surface area contributed by atoms with E-state index in [0.717, 1.165) is 22.7 Å². The molecule has 0 spiro atoms. The van der Waals surface area contributed by atoms with Crippen LogP contribution in [0.15, 0.2) is 28.7 Å². The van der Waals surface area contributed by atoms with Crippen molar-refractivity contribution in [2.45, 2.75) is 37.5 Å². The molecule has 2 atom stereocenters. The minimum absolute atomic E-state index is 0.285. The number of thioether (sulfide) groups is 1. The number of Topliss-reactive ketones (excluding diaryl/α,β-unsaturated/α-hetero) is 1. The van der Waals surface area contributed by atoms with Gasteiger partial charge in [-0.05, 0) is 31.5 Å². The average molecular weight is 428 g/mol. The van der Waals surface area contributed by atoms with Gasteiger partial charge in [0, 0.05) is 17.0 Å². The number of esters is 2. The number of carbonyl (C=O) groups excluding carboxylic acids is 4. The maximum atomic E-state index is 12.6. The standard InChI is InChI=1S/C17H18BrNO5S/c1-10(20)25-14(16(22)11-4-6-12(18)7-5-11)9-15(21)24-17(23)13-3-2-8-19-13/h4-7,13-14,19H,2-3,8-9H2,1H3/t13-,14?/m0/s1. The van der Waals surface area contributed by atoms with E-state index in [1.165, 1.54) is 6.92 Å². The summed E-state index contributed by atoms with van der Waals surface area (Å²) in [5.74, 6) is -1.79. The highest BCUT2D eigenvalue weighted by atomic mass is 79.9. The van der Waals surface area contributed by atoms with Crippen molar-refractivity contribution < 1.29 is 23.9 Å². The first kappa shape index (κ1) is 19.8. The summed E-state index contributed by atoms with van der Waals surface area (Å²) in [6, 6.07) is 6.15. The zero-order valence-corrected chi connectivity index (χ0v) is 16.0. The number of halogens is 1. The molecule has 1 saturated heterocycles. The highest BCUT2D eigenvalue weighted by Crippen LogP contribution is 2.22. The predicted octanol–water partition coefficient (Wildman–Crippen LogP) is 2.49. The van der Waals surface area contributed by atoms with Crippen molar-refractivity contribution in [3.8, 4) is 0 Å². The van der Waals surface area contributed by atoms with Crippen LogP contribution in [0.5, 0.6) is 0 Å². The molecule has 2 rings (SSSR count). The summed E-state index contributed by atoms with van der Waals surface area (Å²) >= 11 is 4.05. The Bertz CT molecular complexity index is 670. The largest absolute Gasteiger partial charge is 0.392 e. The van der Waals surface area contributed by atoms with Crippen LogP contribution in [-0.2, 0) is 19.1 Å². The van der Waals surface area contributed by atoms with Crippen LogP contribution in [-0.4, -0.2) is 40.7 Å². The number of nitrogens with one attached hydrogen (secondary N) is 1. The molecule has 1 aliphatic heterocycles. The molecule has 1 N–H and O–H groups in total. The highest BCUT2D eigenvalue weighted by molar-refractivity contribution is 9.10. The second-order valence-electron chi connectivity index (χ2n) is 5.62. The molecular weight excluding hydrogens is 410 g/mol. The van der Waals surface area contributed by atoms with Crippen LogP contribution < -0.4 is 5.32 Å². The number of benzene rings is 1. The number of hydrogen-bond acceptors (Lipinski definition) is 7. The number of ether oxygens (including phenoxy) is 1. The summed E-state index contributed by atoms with van der Waals surface area (Å²) in [4.78, 5) is 47.9. The van der Waals surface area contributed by atoms with Gasteiger partial charge in [-0.2, -0.15) is 0 Å². The lowest BCUT2D eigenvalue weighted by molar-refractivity contribution is -0.160. The first-order valence-electron chi connectivity index (χ1n) is 7.81. The summed E-state index contributed by atoms with van der Waals surface area (Å²) in [5.41, 5.74) is 0.388. The van der Waals surface area contributed by atoms with Gasteiger partial charge in [0.25, 0.3) is 0 Å². The van der Waals surface area contributed by atoms with Gasteiger partial charge in [-0.25, -0.2) is 4.79 Å². The topological polar surface area (TPSA) is 89.5 Å². The Hall–Kier alpha value is -1.51. The zero-order chi connectivity index (χ0) is 18.4. The van der Waals surface area contributed by atoms with Gasteiger partial charge in [-0.1, -0.05) is 39.8 Å². The van der Waals surface area contributed by atoms with Crippen molar-refractivity contribution in [1.29, 1.82) is 0 Å². The molecule has 25 heavy (non-hydrogen) atoms. The summed E-state index contributed by atoms with van der Waals surface area (Å²) in [7, 11) is 0. The quantitative estimate of drug-likeness (QED) is 0.423. The second kappa shape index (κ2) is 9.26. The molecule has 0 aliphatic carbocycles. The molecule has 1 unspecified atom stereocenters. The molecule has 6 nitrogen and oxygen atoms in total. The van der Waals surface area contributed by atoms with Gasteiger partial charge in [-0.3, -0.25) is 14.4 Å². The number of carbonyl (C=O) groups is 4. The number of rotatable bonds is 6. The van der Waals surface area contributed by atoms with Gasteiger partial charge in [0.1, 0.15) is 6.04 Å². The molecule has 134 valence electrons. The Morgan fingerprint density at radius 1 is 1.28 bits per heavy atom. The van der Waals surface area contributed by atoms with Crippen LogP contribution in [0.1, 0.15) is 36.5 Å². The summed E-state index contributed by atoms with van der Waals surface area (Å²) in [6.07, 6.45) is 1.13. The smallest absolute Gasteiger partial charge is 0.330 e. The Morgan fingerprint density at radius 2 is 1.96 bits per heavy atom. The molecule has 0 radical (unpaired) electrons. The van der Waals surface area contributed by atoms with E-state index in [-0.39, 0.29) is 17.3 Å². The Morgan fingerprint density at radius 3 is 2.52 bits per heavy atom. The number of hydrogen-bond donors (Lipinski definition) is 1. The molecule has 1 aromatic carbocycles. The summed E-state index contributed by atoms with van der Waals surface area (Å²) in [6.45, 7) is 2.03. The molecule has 0 aromatic heterocycles. The van der Waals surface area contributed by atoms with Crippen molar-refractivity contribution in [2.75, 3.05) is 6.54 Å². The lowest BCUT2D eigenvalue weighted by Gasteiger charge is -2.14. The lowest BCUT2D eigenvalue weighted by atomic mass is 10.1. The van der Waals surface area contributed by atoms with E-state index < -0.39 is 23.2 Å². The van der Waals surface area contributed by atoms with Crippen molar-refractivity contribution in [1.82, 2.24) is 5.32 Å². The molecule has 8 heteroatoms. The van der Waals surface area contributed by atoms with E-state index in [9.17, 15) is 19.2 Å². The minimum atomic E-state index is -0.921. The Balaban J connectivity index is 2.02. The van der Waals surface area contributed by atoms with Crippen LogP contribution in [0.2, 0.25) is 0 Å². The van der Waals surface area contributed by atoms with Gasteiger partial charge >= 0.3 is 11.9 Å². The molecule has 0 bridgehead atoms. The first-order valence-corrected chi connectivity index (χ1v) is 9.49. The van der Waals surface area contributed by atoms with Gasteiger partial charge in [0.05, 0.1) is 11.7 Å². The van der Waals surface area contributed by atoms with E-state index in [2.05, 4.69) is 21.2 Å². The van der Waals surface area contributed by atoms with Crippen molar-refractivity contribution in [2.24, 2.45) is 0 Å². The fourth-order valence-electron chi connectivity index (χ4n) is 2.45. The van der Waals surface area contributed by atoms with E-state index in [0.29, 0.717) is 18.5 Å². The summed E-state index contributed by atoms with van der Waals surface area (Å²) < 4.78 is 5.64. The fourth-order valence-corrected chi connectivity index (χ4v) is 3.58. The van der Waals surface area contributed by atoms with E-state index in [1.54, 1.807) is 24.3 Å². The molecule has 1 aromatic rings. The first-order chi connectivity index (χ1) is 11.9. The third-order valence-electron chi connectivity index (χ3n) is 3.64. The van der Waals surface area contributed by atoms with Crippen molar-refractivity contribution >= 4 is 50.5 Å². The SMILES string of the molecule is CC(=O)SC(CC(=O)OC(=O)[C@@H]1CCCN1)C(=O)c1ccc(Br)cc1. The highest BCUT2D eigenvalue weighted by Gasteiger charge is 2.30. The second-order valence-corrected chi connectivity index (χ2v) is 7.91. The normalized spacial score (nSPS) is 17.8. The summed E-state index contributed by atoms with van der Waals surface area (Å²) in [5, 5.41) is 1.74. The maximum absolute atomic E-state index is 12.6. The third kappa shape index (κ3) is 6.05. The monoisotopic (exact) mass is 427 g/mol. The predicted molar refractivity (Wildman–Crippen MR) is 97.3 cm³/mol. The van der Waals surface area contributed by atoms with Crippen LogP contribution in [0.25, 0.3) is 0 Å². The van der Waals surface area contributed by atoms with Crippen molar-refractivity contribution in [3.05, 3.63) is 34.3 Å². The fraction of sp³-hybridized carbons (Fsp3) is 0.412. The minimum Gasteiger partial charge on any atom is -0.392 e. The van der Waals surface area contributed by atoms with Crippen LogP contribution in [0.3, 0.4) is 0 Å². The Labute approximate surface area is 158 Å². The van der Waals surface area contributed by atoms with Gasteiger partial charge in [0.15, 0.2) is 10.9 Å². The molecular formula is C17H18BrNO5S. The van der Waals surface area contributed by atoms with Crippen LogP contribution in [0, 0.1) is 0 Å². The van der Waals surface area contributed by atoms with Crippen molar-refractivity contribution in [3.63, 3.8) is 0 Å². The zero-order valence-electron chi connectivity index (χ0n) is 13.6. The molecule has 1 aliphatic rings. The average Bonchev–Trinajstić information content (AvgIpc) is 3.08. The maximum Gasteiger partial charge on any atom is 0.330 e. The molecule has 0 saturated carbocycles. The molecule has 0 amide bonds. The van der Waals surface area contributed by atoms with E-state index in [4.69, 9.17) is 4.74 Å². The number of ketones is 1. The molecule has 1 fully saturated rings. The van der Waals surface area contributed by atoms with Gasteiger partial charge < -0.3 is 10.1 Å². The van der Waals surface area contributed by atoms with Crippen LogP contribution >= 0.6 is 27.7 Å². The van der Waals surface area contributed by atoms with Gasteiger partial charge in [-0.15, -0.1) is 0 Å². The van der Waals surface area contributed by atoms with E-state index in [1.807, 2.05) is 0 Å².